The average Bonchev–Trinajstić information content (AvgIpc) is 2.87. The van der Waals surface area contributed by atoms with E-state index in [-0.39, 0.29) is 18.6 Å². The molecule has 1 amide bonds. The molecule has 0 aliphatic carbocycles. The first-order valence-corrected chi connectivity index (χ1v) is 9.02. The van der Waals surface area contributed by atoms with Gasteiger partial charge in [0.2, 0.25) is 0 Å². The lowest BCUT2D eigenvalue weighted by atomic mass is 10.0. The topological polar surface area (TPSA) is 60.8 Å². The standard InChI is InChI=1S/C20H26N2O4/c1-5-25-18(23)13-22-16-9-7-6-8-14(16)15-12-21(11-10-17(15)22)19(24)26-20(2,3)4/h6-9H,5,10-13H2,1-4H3. The molecule has 0 radical (unpaired) electrons. The van der Waals surface area contributed by atoms with Crippen LogP contribution in [0.15, 0.2) is 24.3 Å². The summed E-state index contributed by atoms with van der Waals surface area (Å²) in [5.41, 5.74) is 2.66. The van der Waals surface area contributed by atoms with Crippen LogP contribution in [0.2, 0.25) is 0 Å². The summed E-state index contributed by atoms with van der Waals surface area (Å²) in [5, 5.41) is 1.07. The summed E-state index contributed by atoms with van der Waals surface area (Å²) in [6.45, 7) is 9.02. The molecular weight excluding hydrogens is 332 g/mol. The molecule has 2 heterocycles. The molecule has 26 heavy (non-hydrogen) atoms. The van der Waals surface area contributed by atoms with Crippen LogP contribution in [0.4, 0.5) is 4.79 Å². The molecule has 140 valence electrons. The minimum absolute atomic E-state index is 0.191. The zero-order valence-electron chi connectivity index (χ0n) is 15.9. The third-order valence-corrected chi connectivity index (χ3v) is 4.41. The molecule has 1 aliphatic rings. The lowest BCUT2D eigenvalue weighted by Gasteiger charge is -2.30. The second kappa shape index (κ2) is 7.02. The van der Waals surface area contributed by atoms with Gasteiger partial charge in [0.05, 0.1) is 13.2 Å². The van der Waals surface area contributed by atoms with Gasteiger partial charge in [0.25, 0.3) is 0 Å². The molecular formula is C20H26N2O4. The van der Waals surface area contributed by atoms with Gasteiger partial charge in [-0.25, -0.2) is 4.79 Å². The Kier molecular flexibility index (Phi) is 4.94. The maximum atomic E-state index is 12.5. The number of nitrogens with zero attached hydrogens (tertiary/aromatic N) is 2. The number of hydrogen-bond acceptors (Lipinski definition) is 4. The van der Waals surface area contributed by atoms with E-state index in [9.17, 15) is 9.59 Å². The number of ether oxygens (including phenoxy) is 2. The maximum Gasteiger partial charge on any atom is 0.410 e. The Morgan fingerprint density at radius 3 is 2.62 bits per heavy atom. The molecule has 0 saturated carbocycles. The Hall–Kier alpha value is -2.50. The average molecular weight is 358 g/mol. The molecule has 6 heteroatoms. The van der Waals surface area contributed by atoms with E-state index in [0.717, 1.165) is 22.2 Å². The maximum absolute atomic E-state index is 12.5. The largest absolute Gasteiger partial charge is 0.465 e. The number of carbonyl (C=O) groups is 2. The molecule has 0 saturated heterocycles. The predicted octanol–water partition coefficient (Wildman–Crippen LogP) is 3.50. The predicted molar refractivity (Wildman–Crippen MR) is 98.9 cm³/mol. The van der Waals surface area contributed by atoms with E-state index in [1.807, 2.05) is 49.6 Å². The van der Waals surface area contributed by atoms with Crippen molar-refractivity contribution < 1.29 is 19.1 Å². The van der Waals surface area contributed by atoms with Gasteiger partial charge >= 0.3 is 12.1 Å². The van der Waals surface area contributed by atoms with Crippen LogP contribution in [0.25, 0.3) is 10.9 Å². The van der Waals surface area contributed by atoms with Crippen LogP contribution in [0.5, 0.6) is 0 Å². The number of amides is 1. The van der Waals surface area contributed by atoms with E-state index in [1.165, 1.54) is 0 Å². The number of fused-ring (bicyclic) bond motifs is 3. The Morgan fingerprint density at radius 1 is 1.19 bits per heavy atom. The molecule has 1 aromatic carbocycles. The van der Waals surface area contributed by atoms with Gasteiger partial charge in [-0.2, -0.15) is 0 Å². The highest BCUT2D eigenvalue weighted by atomic mass is 16.6. The third-order valence-electron chi connectivity index (χ3n) is 4.41. The minimum atomic E-state index is -0.519. The summed E-state index contributed by atoms with van der Waals surface area (Å²) < 4.78 is 12.7. The number of benzene rings is 1. The molecule has 6 nitrogen and oxygen atoms in total. The summed E-state index contributed by atoms with van der Waals surface area (Å²) in [6, 6.07) is 7.98. The smallest absolute Gasteiger partial charge is 0.410 e. The Morgan fingerprint density at radius 2 is 1.92 bits per heavy atom. The van der Waals surface area contributed by atoms with Crippen LogP contribution in [0.1, 0.15) is 39.0 Å². The normalized spacial score (nSPS) is 14.2. The fraction of sp³-hybridized carbons (Fsp3) is 0.500. The van der Waals surface area contributed by atoms with E-state index in [4.69, 9.17) is 9.47 Å². The molecule has 0 atom stereocenters. The van der Waals surface area contributed by atoms with Crippen molar-refractivity contribution in [1.29, 1.82) is 0 Å². The lowest BCUT2D eigenvalue weighted by Crippen LogP contribution is -2.40. The van der Waals surface area contributed by atoms with Crippen LogP contribution < -0.4 is 0 Å². The van der Waals surface area contributed by atoms with E-state index < -0.39 is 5.60 Å². The van der Waals surface area contributed by atoms with E-state index in [1.54, 1.807) is 11.8 Å². The SMILES string of the molecule is CCOC(=O)Cn1c2c(c3ccccc31)CN(C(=O)OC(C)(C)C)CC2. The molecule has 2 aromatic rings. The Balaban J connectivity index is 1.93. The second-order valence-electron chi connectivity index (χ2n) is 7.49. The fourth-order valence-corrected chi connectivity index (χ4v) is 3.40. The van der Waals surface area contributed by atoms with Crippen molar-refractivity contribution in [1.82, 2.24) is 9.47 Å². The zero-order chi connectivity index (χ0) is 18.9. The van der Waals surface area contributed by atoms with Crippen molar-refractivity contribution in [3.05, 3.63) is 35.5 Å². The van der Waals surface area contributed by atoms with Crippen molar-refractivity contribution in [3.8, 4) is 0 Å². The highest BCUT2D eigenvalue weighted by molar-refractivity contribution is 5.87. The first kappa shape index (κ1) is 18.3. The van der Waals surface area contributed by atoms with Crippen molar-refractivity contribution in [2.45, 2.75) is 52.8 Å². The molecule has 0 unspecified atom stereocenters. The molecule has 0 N–H and O–H groups in total. The monoisotopic (exact) mass is 358 g/mol. The molecule has 3 rings (SSSR count). The summed E-state index contributed by atoms with van der Waals surface area (Å²) in [5.74, 6) is -0.245. The Labute approximate surface area is 153 Å². The molecule has 0 bridgehead atoms. The molecule has 1 aromatic heterocycles. The number of rotatable bonds is 3. The van der Waals surface area contributed by atoms with Gasteiger partial charge in [-0.05, 0) is 33.8 Å². The number of carbonyl (C=O) groups excluding carboxylic acids is 2. The molecule has 1 aliphatic heterocycles. The fourth-order valence-electron chi connectivity index (χ4n) is 3.40. The summed E-state index contributed by atoms with van der Waals surface area (Å²) in [7, 11) is 0. The number of aromatic nitrogens is 1. The van der Waals surface area contributed by atoms with Gasteiger partial charge in [0, 0.05) is 35.1 Å². The highest BCUT2D eigenvalue weighted by Gasteiger charge is 2.29. The van der Waals surface area contributed by atoms with Crippen LogP contribution in [0.3, 0.4) is 0 Å². The van der Waals surface area contributed by atoms with Crippen molar-refractivity contribution in [3.63, 3.8) is 0 Å². The van der Waals surface area contributed by atoms with Crippen LogP contribution in [0, 0.1) is 0 Å². The number of para-hydroxylation sites is 1. The minimum Gasteiger partial charge on any atom is -0.465 e. The lowest BCUT2D eigenvalue weighted by molar-refractivity contribution is -0.143. The zero-order valence-corrected chi connectivity index (χ0v) is 15.9. The quantitative estimate of drug-likeness (QED) is 0.788. The van der Waals surface area contributed by atoms with E-state index in [0.29, 0.717) is 26.1 Å². The van der Waals surface area contributed by atoms with Gasteiger partial charge in [0.1, 0.15) is 12.1 Å². The van der Waals surface area contributed by atoms with Gasteiger partial charge in [-0.3, -0.25) is 4.79 Å². The van der Waals surface area contributed by atoms with E-state index >= 15 is 0 Å². The summed E-state index contributed by atoms with van der Waals surface area (Å²) in [4.78, 5) is 26.2. The van der Waals surface area contributed by atoms with Crippen molar-refractivity contribution >= 4 is 23.0 Å². The van der Waals surface area contributed by atoms with Crippen molar-refractivity contribution in [2.75, 3.05) is 13.2 Å². The van der Waals surface area contributed by atoms with Crippen LogP contribution in [-0.4, -0.2) is 40.3 Å². The summed E-state index contributed by atoms with van der Waals surface area (Å²) in [6.07, 6.45) is 0.383. The highest BCUT2D eigenvalue weighted by Crippen LogP contribution is 2.31. The van der Waals surface area contributed by atoms with Crippen LogP contribution in [-0.2, 0) is 33.8 Å². The Bertz CT molecular complexity index is 832. The van der Waals surface area contributed by atoms with Gasteiger partial charge in [-0.15, -0.1) is 0 Å². The first-order chi connectivity index (χ1) is 12.3. The second-order valence-corrected chi connectivity index (χ2v) is 7.49. The van der Waals surface area contributed by atoms with Gasteiger partial charge in [0.15, 0.2) is 0 Å². The van der Waals surface area contributed by atoms with Crippen molar-refractivity contribution in [2.24, 2.45) is 0 Å². The third kappa shape index (κ3) is 3.69. The molecule has 0 spiro atoms. The van der Waals surface area contributed by atoms with E-state index in [2.05, 4.69) is 0 Å². The summed E-state index contributed by atoms with van der Waals surface area (Å²) >= 11 is 0. The number of esters is 1. The number of hydrogen-bond donors (Lipinski definition) is 0. The van der Waals surface area contributed by atoms with Gasteiger partial charge < -0.3 is 18.9 Å². The van der Waals surface area contributed by atoms with Gasteiger partial charge in [-0.1, -0.05) is 18.2 Å². The van der Waals surface area contributed by atoms with Crippen LogP contribution >= 0.6 is 0 Å². The molecule has 0 fully saturated rings. The first-order valence-electron chi connectivity index (χ1n) is 9.02.